The van der Waals surface area contributed by atoms with E-state index in [1.165, 1.54) is 7.11 Å². The number of hydrogen-bond donors (Lipinski definition) is 3. The summed E-state index contributed by atoms with van der Waals surface area (Å²) in [5, 5.41) is 7.11. The summed E-state index contributed by atoms with van der Waals surface area (Å²) in [6, 6.07) is 11.4. The zero-order valence-electron chi connectivity index (χ0n) is 23.7. The van der Waals surface area contributed by atoms with E-state index in [2.05, 4.69) is 26.3 Å². The lowest BCUT2D eigenvalue weighted by molar-refractivity contribution is 0.212. The average molecular weight is 617 g/mol. The molecule has 0 atom stereocenters. The Morgan fingerprint density at radius 1 is 1.07 bits per heavy atom. The summed E-state index contributed by atoms with van der Waals surface area (Å²) in [6.45, 7) is 10.7. The zero-order valence-corrected chi connectivity index (χ0v) is 26.1. The maximum absolute atomic E-state index is 13.1. The van der Waals surface area contributed by atoms with Crippen molar-refractivity contribution in [1.82, 2.24) is 14.8 Å². The van der Waals surface area contributed by atoms with Gasteiger partial charge in [-0.1, -0.05) is 39.0 Å². The van der Waals surface area contributed by atoms with Gasteiger partial charge in [-0.05, 0) is 28.7 Å². The number of para-hydroxylation sites is 1. The van der Waals surface area contributed by atoms with Gasteiger partial charge in [0.25, 0.3) is 0 Å². The number of nitrogens with zero attached hydrogens (tertiary/aromatic N) is 2. The molecule has 0 spiro atoms. The number of piperazine rings is 1. The van der Waals surface area contributed by atoms with Crippen LogP contribution in [0.15, 0.2) is 36.4 Å². The predicted octanol–water partition coefficient (Wildman–Crippen LogP) is 4.72. The minimum atomic E-state index is -3.59. The molecule has 0 unspecified atom stereocenters. The third-order valence-electron chi connectivity index (χ3n) is 6.59. The number of ether oxygens (including phenoxy) is 2. The van der Waals surface area contributed by atoms with Crippen LogP contribution >= 0.6 is 24.8 Å². The standard InChI is InChI=1S/C27H37N5O5S.2ClH/c1-27(2,3)20-15-21(25(36-5)22(16-20)30-38(6,34)35)29-26(33)37-23-14-18-8-7-9-19(24(18)31(23)4)17-32-12-10-28-11-13-32;;/h7-9,14-16,28,30H,10-13,17H2,1-6H3,(H,29,33);2*1H. The largest absolute Gasteiger partial charge is 0.492 e. The number of carbonyl (C=O) groups excluding carboxylic acids is 1. The topological polar surface area (TPSA) is 114 Å². The molecule has 1 aromatic heterocycles. The van der Waals surface area contributed by atoms with E-state index in [1.54, 1.807) is 12.1 Å². The van der Waals surface area contributed by atoms with E-state index in [0.29, 0.717) is 11.6 Å². The summed E-state index contributed by atoms with van der Waals surface area (Å²) >= 11 is 0. The minimum absolute atomic E-state index is 0. The number of halogens is 2. The minimum Gasteiger partial charge on any atom is -0.492 e. The van der Waals surface area contributed by atoms with E-state index in [1.807, 2.05) is 50.6 Å². The second-order valence-corrected chi connectivity index (χ2v) is 12.4. The number of aryl methyl sites for hydroxylation is 1. The number of methoxy groups -OCH3 is 1. The van der Waals surface area contributed by atoms with Gasteiger partial charge in [-0.25, -0.2) is 13.2 Å². The first-order valence-corrected chi connectivity index (χ1v) is 14.4. The first-order chi connectivity index (χ1) is 17.9. The van der Waals surface area contributed by atoms with Crippen molar-refractivity contribution in [2.75, 3.05) is 49.6 Å². The van der Waals surface area contributed by atoms with Gasteiger partial charge in [0.05, 0.1) is 30.3 Å². The Balaban J connectivity index is 0.00000280. The van der Waals surface area contributed by atoms with Crippen LogP contribution in [-0.4, -0.2) is 63.5 Å². The number of aromatic nitrogens is 1. The molecule has 3 aromatic rings. The Bertz CT molecular complexity index is 1450. The first-order valence-electron chi connectivity index (χ1n) is 12.6. The molecule has 1 fully saturated rings. The summed E-state index contributed by atoms with van der Waals surface area (Å²) in [4.78, 5) is 15.5. The number of fused-ring (bicyclic) bond motifs is 1. The average Bonchev–Trinajstić information content (AvgIpc) is 3.14. The first kappa shape index (κ1) is 33.5. The molecule has 222 valence electrons. The van der Waals surface area contributed by atoms with Gasteiger partial charge in [0.1, 0.15) is 0 Å². The van der Waals surface area contributed by atoms with Gasteiger partial charge in [0.2, 0.25) is 15.9 Å². The highest BCUT2D eigenvalue weighted by Crippen LogP contribution is 2.39. The van der Waals surface area contributed by atoms with Crippen LogP contribution < -0.4 is 24.8 Å². The third kappa shape index (κ3) is 7.94. The molecule has 1 saturated heterocycles. The maximum atomic E-state index is 13.1. The van der Waals surface area contributed by atoms with E-state index < -0.39 is 16.1 Å². The molecule has 40 heavy (non-hydrogen) atoms. The second-order valence-electron chi connectivity index (χ2n) is 10.7. The number of rotatable bonds is 7. The number of anilines is 2. The number of carbonyl (C=O) groups is 1. The Hall–Kier alpha value is -2.70. The number of nitrogens with one attached hydrogen (secondary N) is 3. The SMILES string of the molecule is COc1c(NC(=O)Oc2cc3cccc(CN4CCNCC4)c3n2C)cc(C(C)(C)C)cc1NS(C)(=O)=O.Cl.Cl. The molecular weight excluding hydrogens is 577 g/mol. The summed E-state index contributed by atoms with van der Waals surface area (Å²) in [6.07, 6.45) is 0.350. The molecular formula is C27H39Cl2N5O5S. The van der Waals surface area contributed by atoms with E-state index >= 15 is 0 Å². The van der Waals surface area contributed by atoms with Crippen molar-refractivity contribution in [1.29, 1.82) is 0 Å². The number of hydrogen-bond acceptors (Lipinski definition) is 7. The van der Waals surface area contributed by atoms with Crippen molar-refractivity contribution in [3.8, 4) is 11.6 Å². The van der Waals surface area contributed by atoms with Crippen LogP contribution in [0.1, 0.15) is 31.9 Å². The Morgan fingerprint density at radius 2 is 1.73 bits per heavy atom. The van der Waals surface area contributed by atoms with Gasteiger partial charge in [0.15, 0.2) is 5.75 Å². The Morgan fingerprint density at radius 3 is 2.33 bits per heavy atom. The molecule has 0 radical (unpaired) electrons. The molecule has 13 heteroatoms. The van der Waals surface area contributed by atoms with Crippen molar-refractivity contribution >= 4 is 63.2 Å². The lowest BCUT2D eigenvalue weighted by Crippen LogP contribution is -2.42. The van der Waals surface area contributed by atoms with Crippen LogP contribution in [-0.2, 0) is 29.0 Å². The highest BCUT2D eigenvalue weighted by molar-refractivity contribution is 7.92. The molecule has 2 aromatic carbocycles. The quantitative estimate of drug-likeness (QED) is 0.352. The summed E-state index contributed by atoms with van der Waals surface area (Å²) in [5.41, 5.74) is 3.20. The van der Waals surface area contributed by atoms with Gasteiger partial charge in [-0.3, -0.25) is 14.9 Å². The van der Waals surface area contributed by atoms with Crippen LogP contribution in [0.4, 0.5) is 16.2 Å². The van der Waals surface area contributed by atoms with Crippen LogP contribution in [0.3, 0.4) is 0 Å². The molecule has 0 saturated carbocycles. The molecule has 0 aliphatic carbocycles. The molecule has 4 rings (SSSR count). The van der Waals surface area contributed by atoms with E-state index in [0.717, 1.165) is 61.0 Å². The fourth-order valence-electron chi connectivity index (χ4n) is 4.69. The number of sulfonamides is 1. The van der Waals surface area contributed by atoms with E-state index in [-0.39, 0.29) is 41.7 Å². The van der Waals surface area contributed by atoms with Crippen LogP contribution in [0, 0.1) is 0 Å². The fourth-order valence-corrected chi connectivity index (χ4v) is 5.24. The normalized spacial score (nSPS) is 14.2. The van der Waals surface area contributed by atoms with Gasteiger partial charge in [-0.15, -0.1) is 24.8 Å². The monoisotopic (exact) mass is 615 g/mol. The fraction of sp³-hybridized carbons (Fsp3) is 0.444. The zero-order chi connectivity index (χ0) is 27.7. The maximum Gasteiger partial charge on any atom is 0.418 e. The molecule has 1 amide bonds. The number of amides is 1. The van der Waals surface area contributed by atoms with Crippen molar-refractivity contribution in [3.63, 3.8) is 0 Å². The molecule has 3 N–H and O–H groups in total. The van der Waals surface area contributed by atoms with Gasteiger partial charge < -0.3 is 19.4 Å². The van der Waals surface area contributed by atoms with Gasteiger partial charge >= 0.3 is 6.09 Å². The molecule has 0 bridgehead atoms. The molecule has 10 nitrogen and oxygen atoms in total. The smallest absolute Gasteiger partial charge is 0.418 e. The van der Waals surface area contributed by atoms with Crippen LogP contribution in [0.5, 0.6) is 11.6 Å². The van der Waals surface area contributed by atoms with Gasteiger partial charge in [-0.2, -0.15) is 0 Å². The van der Waals surface area contributed by atoms with Crippen LogP contribution in [0.2, 0.25) is 0 Å². The van der Waals surface area contributed by atoms with E-state index in [4.69, 9.17) is 9.47 Å². The highest BCUT2D eigenvalue weighted by atomic mass is 35.5. The third-order valence-corrected chi connectivity index (χ3v) is 7.18. The Labute approximate surface area is 248 Å². The molecule has 1 aliphatic heterocycles. The van der Waals surface area contributed by atoms with Crippen molar-refractivity contribution in [2.24, 2.45) is 7.05 Å². The summed E-state index contributed by atoms with van der Waals surface area (Å²) in [5.74, 6) is 0.585. The second kappa shape index (κ2) is 13.3. The Kier molecular flexibility index (Phi) is 11.1. The van der Waals surface area contributed by atoms with E-state index in [9.17, 15) is 13.2 Å². The van der Waals surface area contributed by atoms with Crippen molar-refractivity contribution in [2.45, 2.75) is 32.7 Å². The van der Waals surface area contributed by atoms with Gasteiger partial charge in [0, 0.05) is 51.2 Å². The summed E-state index contributed by atoms with van der Waals surface area (Å²) in [7, 11) is -0.293. The molecule has 1 aliphatic rings. The predicted molar refractivity (Wildman–Crippen MR) is 165 cm³/mol. The lowest BCUT2D eigenvalue weighted by Gasteiger charge is -2.27. The van der Waals surface area contributed by atoms with Crippen molar-refractivity contribution < 1.29 is 22.7 Å². The highest BCUT2D eigenvalue weighted by Gasteiger charge is 2.23. The van der Waals surface area contributed by atoms with Crippen molar-refractivity contribution in [3.05, 3.63) is 47.5 Å². The number of benzene rings is 2. The molecule has 2 heterocycles. The van der Waals surface area contributed by atoms with Crippen LogP contribution in [0.25, 0.3) is 10.9 Å². The lowest BCUT2D eigenvalue weighted by atomic mass is 9.86. The summed E-state index contributed by atoms with van der Waals surface area (Å²) < 4.78 is 39.6.